The van der Waals surface area contributed by atoms with Crippen LogP contribution in [0.2, 0.25) is 0 Å². The van der Waals surface area contributed by atoms with Crippen LogP contribution in [0.15, 0.2) is 76.7 Å². The van der Waals surface area contributed by atoms with E-state index < -0.39 is 22.5 Å². The van der Waals surface area contributed by atoms with Gasteiger partial charge in [-0.3, -0.25) is 9.10 Å². The number of aryl methyl sites for hydroxylation is 2. The topological polar surface area (TPSA) is 88.1 Å². The van der Waals surface area contributed by atoms with Gasteiger partial charge in [0.2, 0.25) is 0 Å². The normalized spacial score (nSPS) is 11.4. The van der Waals surface area contributed by atoms with Gasteiger partial charge in [-0.05, 0) is 67.8 Å². The van der Waals surface area contributed by atoms with Gasteiger partial charge in [-0.2, -0.15) is 5.10 Å². The lowest BCUT2D eigenvalue weighted by Crippen LogP contribution is -2.40. The van der Waals surface area contributed by atoms with Crippen LogP contribution in [0.3, 0.4) is 0 Å². The molecular weight excluding hydrogens is 438 g/mol. The fourth-order valence-corrected chi connectivity index (χ4v) is 4.69. The van der Waals surface area contributed by atoms with E-state index in [1.807, 2.05) is 32.9 Å². The van der Waals surface area contributed by atoms with Crippen molar-refractivity contribution in [1.29, 1.82) is 0 Å². The van der Waals surface area contributed by atoms with Crippen LogP contribution < -0.4 is 14.5 Å². The first-order valence-corrected chi connectivity index (χ1v) is 11.8. The van der Waals surface area contributed by atoms with Crippen molar-refractivity contribution >= 4 is 27.8 Å². The Kier molecular flexibility index (Phi) is 7.50. The summed E-state index contributed by atoms with van der Waals surface area (Å²) in [4.78, 5) is 12.8. The highest BCUT2D eigenvalue weighted by Crippen LogP contribution is 2.28. The van der Waals surface area contributed by atoms with Crippen molar-refractivity contribution in [3.63, 3.8) is 0 Å². The van der Waals surface area contributed by atoms with Crippen LogP contribution in [0.25, 0.3) is 0 Å². The third-order valence-corrected chi connectivity index (χ3v) is 7.01. The molecule has 0 aliphatic heterocycles. The van der Waals surface area contributed by atoms with Gasteiger partial charge in [0, 0.05) is 0 Å². The minimum Gasteiger partial charge on any atom is -0.497 e. The number of rotatable bonds is 8. The highest BCUT2D eigenvalue weighted by Gasteiger charge is 2.28. The number of nitrogens with one attached hydrogen (secondary N) is 1. The fourth-order valence-electron chi connectivity index (χ4n) is 3.21. The van der Waals surface area contributed by atoms with Gasteiger partial charge in [0.1, 0.15) is 12.3 Å². The molecule has 0 bridgehead atoms. The van der Waals surface area contributed by atoms with Crippen molar-refractivity contribution in [3.05, 3.63) is 89.0 Å². The van der Waals surface area contributed by atoms with Gasteiger partial charge in [-0.1, -0.05) is 42.0 Å². The van der Waals surface area contributed by atoms with E-state index in [2.05, 4.69) is 10.5 Å². The van der Waals surface area contributed by atoms with Crippen molar-refractivity contribution in [3.8, 4) is 5.75 Å². The second-order valence-corrected chi connectivity index (χ2v) is 9.48. The molecule has 0 saturated heterocycles. The Bertz CT molecular complexity index is 1270. The molecule has 3 aromatic rings. The maximum absolute atomic E-state index is 13.5. The molecule has 0 spiro atoms. The van der Waals surface area contributed by atoms with Gasteiger partial charge in [0.15, 0.2) is 0 Å². The third-order valence-electron chi connectivity index (χ3n) is 5.24. The Balaban J connectivity index is 1.88. The molecule has 1 amide bonds. The van der Waals surface area contributed by atoms with E-state index in [0.717, 1.165) is 26.6 Å². The highest BCUT2D eigenvalue weighted by molar-refractivity contribution is 7.92. The largest absolute Gasteiger partial charge is 0.497 e. The van der Waals surface area contributed by atoms with Crippen LogP contribution in [-0.4, -0.2) is 34.2 Å². The molecule has 0 saturated carbocycles. The number of hydrogen-bond donors (Lipinski definition) is 1. The van der Waals surface area contributed by atoms with Crippen LogP contribution in [-0.2, 0) is 14.8 Å². The highest BCUT2D eigenvalue weighted by atomic mass is 32.2. The first-order valence-electron chi connectivity index (χ1n) is 10.3. The summed E-state index contributed by atoms with van der Waals surface area (Å²) in [5.41, 5.74) is 6.24. The summed E-state index contributed by atoms with van der Waals surface area (Å²) >= 11 is 0. The van der Waals surface area contributed by atoms with Gasteiger partial charge in [-0.15, -0.1) is 0 Å². The van der Waals surface area contributed by atoms with Gasteiger partial charge in [0.05, 0.1) is 23.9 Å². The monoisotopic (exact) mass is 465 g/mol. The van der Waals surface area contributed by atoms with Crippen molar-refractivity contribution < 1.29 is 17.9 Å². The SMILES string of the molecule is COc1cccc(/C=N\NC(=O)CN(c2cccc(C)c2C)S(=O)(=O)c2ccc(C)cc2)c1. The molecule has 0 fully saturated rings. The number of hydrazone groups is 1. The maximum atomic E-state index is 13.5. The zero-order valence-electron chi connectivity index (χ0n) is 19.1. The molecule has 172 valence electrons. The van der Waals surface area contributed by atoms with Gasteiger partial charge >= 0.3 is 0 Å². The summed E-state index contributed by atoms with van der Waals surface area (Å²) in [5, 5.41) is 3.97. The lowest BCUT2D eigenvalue weighted by atomic mass is 10.1. The molecule has 0 radical (unpaired) electrons. The lowest BCUT2D eigenvalue weighted by Gasteiger charge is -2.26. The number of amides is 1. The van der Waals surface area contributed by atoms with Crippen molar-refractivity contribution in [2.75, 3.05) is 18.0 Å². The predicted octanol–water partition coefficient (Wildman–Crippen LogP) is 3.97. The summed E-state index contributed by atoms with van der Waals surface area (Å²) in [7, 11) is -2.42. The minimum atomic E-state index is -3.99. The Morgan fingerprint density at radius 1 is 1.03 bits per heavy atom. The molecule has 1 N–H and O–H groups in total. The summed E-state index contributed by atoms with van der Waals surface area (Å²) in [6.07, 6.45) is 1.47. The van der Waals surface area contributed by atoms with Crippen LogP contribution in [0.1, 0.15) is 22.3 Å². The van der Waals surface area contributed by atoms with E-state index in [1.54, 1.807) is 61.7 Å². The average molecular weight is 466 g/mol. The van der Waals surface area contributed by atoms with E-state index in [4.69, 9.17) is 4.74 Å². The quantitative estimate of drug-likeness (QED) is 0.403. The number of methoxy groups -OCH3 is 1. The average Bonchev–Trinajstić information content (AvgIpc) is 2.80. The molecule has 33 heavy (non-hydrogen) atoms. The number of carbonyl (C=O) groups is 1. The van der Waals surface area contributed by atoms with Crippen molar-refractivity contribution in [2.24, 2.45) is 5.10 Å². The van der Waals surface area contributed by atoms with E-state index in [0.29, 0.717) is 11.4 Å². The first kappa shape index (κ1) is 24.0. The number of nitrogens with zero attached hydrogens (tertiary/aromatic N) is 2. The van der Waals surface area contributed by atoms with Crippen molar-refractivity contribution in [2.45, 2.75) is 25.7 Å². The molecule has 0 unspecified atom stereocenters. The molecule has 7 nitrogen and oxygen atoms in total. The number of benzene rings is 3. The van der Waals surface area contributed by atoms with Crippen LogP contribution >= 0.6 is 0 Å². The predicted molar refractivity (Wildman–Crippen MR) is 130 cm³/mol. The Morgan fingerprint density at radius 2 is 1.73 bits per heavy atom. The van der Waals surface area contributed by atoms with Gasteiger partial charge in [-0.25, -0.2) is 13.8 Å². The van der Waals surface area contributed by atoms with Crippen LogP contribution in [0.4, 0.5) is 5.69 Å². The number of carbonyl (C=O) groups excluding carboxylic acids is 1. The van der Waals surface area contributed by atoms with E-state index >= 15 is 0 Å². The number of anilines is 1. The third kappa shape index (κ3) is 5.78. The van der Waals surface area contributed by atoms with E-state index in [9.17, 15) is 13.2 Å². The molecule has 0 aromatic heterocycles. The molecule has 3 aromatic carbocycles. The van der Waals surface area contributed by atoms with Crippen LogP contribution in [0.5, 0.6) is 5.75 Å². The molecular formula is C25H27N3O4S. The summed E-state index contributed by atoms with van der Waals surface area (Å²) < 4.78 is 33.3. The number of ether oxygens (including phenoxy) is 1. The van der Waals surface area contributed by atoms with E-state index in [1.165, 1.54) is 6.21 Å². The van der Waals surface area contributed by atoms with E-state index in [-0.39, 0.29) is 4.90 Å². The second-order valence-electron chi connectivity index (χ2n) is 7.61. The van der Waals surface area contributed by atoms with Crippen molar-refractivity contribution in [1.82, 2.24) is 5.43 Å². The lowest BCUT2D eigenvalue weighted by molar-refractivity contribution is -0.119. The molecule has 3 rings (SSSR count). The molecule has 0 heterocycles. The fraction of sp³-hybridized carbons (Fsp3) is 0.200. The molecule has 0 aliphatic carbocycles. The summed E-state index contributed by atoms with van der Waals surface area (Å²) in [6, 6.07) is 19.1. The number of sulfonamides is 1. The Morgan fingerprint density at radius 3 is 2.42 bits per heavy atom. The Labute approximate surface area is 194 Å². The zero-order valence-corrected chi connectivity index (χ0v) is 19.9. The first-order chi connectivity index (χ1) is 15.7. The minimum absolute atomic E-state index is 0.113. The second kappa shape index (κ2) is 10.3. The number of hydrogen-bond acceptors (Lipinski definition) is 5. The van der Waals surface area contributed by atoms with Gasteiger partial charge < -0.3 is 4.74 Å². The maximum Gasteiger partial charge on any atom is 0.264 e. The van der Waals surface area contributed by atoms with Gasteiger partial charge in [0.25, 0.3) is 15.9 Å². The Hall–Kier alpha value is -3.65. The molecule has 0 aliphatic rings. The van der Waals surface area contributed by atoms with Crippen LogP contribution in [0, 0.1) is 20.8 Å². The zero-order chi connectivity index (χ0) is 24.0. The summed E-state index contributed by atoms with van der Waals surface area (Å²) in [5.74, 6) is 0.0984. The summed E-state index contributed by atoms with van der Waals surface area (Å²) in [6.45, 7) is 5.19. The molecule has 8 heteroatoms. The standard InChI is InChI=1S/C25H27N3O4S/c1-18-11-13-23(14-12-18)33(30,31)28(24-10-5-7-19(2)20(24)3)17-25(29)27-26-16-21-8-6-9-22(15-21)32-4/h5-16H,17H2,1-4H3,(H,27,29)/b26-16-. The molecule has 0 atom stereocenters. The smallest absolute Gasteiger partial charge is 0.264 e.